The fraction of sp³-hybridized carbons (Fsp3) is 0.333. The molecule has 0 bridgehead atoms. The third-order valence-corrected chi connectivity index (χ3v) is 3.53. The van der Waals surface area contributed by atoms with Crippen LogP contribution < -0.4 is 10.6 Å². The molecule has 0 unspecified atom stereocenters. The Kier molecular flexibility index (Phi) is 6.02. The van der Waals surface area contributed by atoms with Crippen LogP contribution in [-0.4, -0.2) is 21.4 Å². The van der Waals surface area contributed by atoms with E-state index in [-0.39, 0.29) is 0 Å². The Bertz CT molecular complexity index is 580. The first kappa shape index (κ1) is 15.8. The summed E-state index contributed by atoms with van der Waals surface area (Å²) in [7, 11) is 0. The molecule has 21 heavy (non-hydrogen) atoms. The van der Waals surface area contributed by atoms with Crippen LogP contribution in [0.2, 0.25) is 5.02 Å². The van der Waals surface area contributed by atoms with E-state index in [0.717, 1.165) is 35.8 Å². The molecule has 0 radical (unpaired) electrons. The Morgan fingerprint density at radius 2 is 2.00 bits per heavy atom. The van der Waals surface area contributed by atoms with Gasteiger partial charge in [0.1, 0.15) is 0 Å². The van der Waals surface area contributed by atoms with Gasteiger partial charge in [-0.05, 0) is 49.3 Å². The highest BCUT2D eigenvalue weighted by Crippen LogP contribution is 2.08. The molecule has 0 aliphatic carbocycles. The van der Waals surface area contributed by atoms with Crippen molar-refractivity contribution in [1.82, 2.24) is 20.4 Å². The van der Waals surface area contributed by atoms with Gasteiger partial charge >= 0.3 is 0 Å². The van der Waals surface area contributed by atoms with Crippen LogP contribution in [0.3, 0.4) is 0 Å². The van der Waals surface area contributed by atoms with Gasteiger partial charge in [0.2, 0.25) is 0 Å². The van der Waals surface area contributed by atoms with Gasteiger partial charge in [-0.25, -0.2) is 0 Å². The van der Waals surface area contributed by atoms with E-state index in [1.807, 2.05) is 48.1 Å². The van der Waals surface area contributed by atoms with Crippen molar-refractivity contribution < 1.29 is 0 Å². The average Bonchev–Trinajstić information content (AvgIpc) is 2.89. The molecule has 2 N–H and O–H groups in total. The van der Waals surface area contributed by atoms with Crippen molar-refractivity contribution in [1.29, 1.82) is 0 Å². The average molecular weight is 323 g/mol. The van der Waals surface area contributed by atoms with Gasteiger partial charge < -0.3 is 10.6 Å². The first-order valence-corrected chi connectivity index (χ1v) is 7.68. The van der Waals surface area contributed by atoms with Crippen LogP contribution in [0.5, 0.6) is 0 Å². The molecule has 0 fully saturated rings. The molecule has 1 heterocycles. The number of hydrogen-bond donors (Lipinski definition) is 2. The summed E-state index contributed by atoms with van der Waals surface area (Å²) in [4.78, 5) is 0. The normalized spacial score (nSPS) is 10.4. The van der Waals surface area contributed by atoms with Crippen molar-refractivity contribution in [3.8, 4) is 0 Å². The lowest BCUT2D eigenvalue weighted by molar-refractivity contribution is 0.568. The molecule has 0 amide bonds. The Morgan fingerprint density at radius 1 is 1.24 bits per heavy atom. The number of halogens is 1. The summed E-state index contributed by atoms with van der Waals surface area (Å²) in [6, 6.07) is 9.73. The van der Waals surface area contributed by atoms with Crippen LogP contribution in [-0.2, 0) is 13.1 Å². The highest BCUT2D eigenvalue weighted by atomic mass is 35.5. The number of benzene rings is 1. The summed E-state index contributed by atoms with van der Waals surface area (Å²) in [5, 5.41) is 12.1. The van der Waals surface area contributed by atoms with Crippen molar-refractivity contribution in [3.05, 3.63) is 52.8 Å². The van der Waals surface area contributed by atoms with Crippen LogP contribution >= 0.6 is 23.8 Å². The van der Waals surface area contributed by atoms with Gasteiger partial charge in [0.25, 0.3) is 0 Å². The molecule has 112 valence electrons. The molecule has 0 spiro atoms. The van der Waals surface area contributed by atoms with Crippen molar-refractivity contribution in [2.75, 3.05) is 6.54 Å². The van der Waals surface area contributed by atoms with Gasteiger partial charge in [0, 0.05) is 30.9 Å². The standard InChI is InChI=1S/C15H19ClN4S/c1-12-7-10-20(19-12)9-2-8-17-15(21)18-11-13-3-5-14(16)6-4-13/h3-7,10H,2,8-9,11H2,1H3,(H2,17,18,21). The number of hydrogen-bond acceptors (Lipinski definition) is 2. The van der Waals surface area contributed by atoms with Crippen molar-refractivity contribution in [3.63, 3.8) is 0 Å². The minimum Gasteiger partial charge on any atom is -0.363 e. The maximum atomic E-state index is 5.85. The molecule has 6 heteroatoms. The highest BCUT2D eigenvalue weighted by molar-refractivity contribution is 7.80. The zero-order valence-electron chi connectivity index (χ0n) is 12.0. The SMILES string of the molecule is Cc1ccn(CCCNC(=S)NCc2ccc(Cl)cc2)n1. The van der Waals surface area contributed by atoms with Gasteiger partial charge in [-0.15, -0.1) is 0 Å². The van der Waals surface area contributed by atoms with Gasteiger partial charge in [-0.3, -0.25) is 4.68 Å². The molecule has 1 aromatic heterocycles. The molecule has 0 aliphatic heterocycles. The van der Waals surface area contributed by atoms with E-state index in [0.29, 0.717) is 11.7 Å². The maximum absolute atomic E-state index is 5.85. The summed E-state index contributed by atoms with van der Waals surface area (Å²) in [5.74, 6) is 0. The van der Waals surface area contributed by atoms with E-state index < -0.39 is 0 Å². The van der Waals surface area contributed by atoms with E-state index >= 15 is 0 Å². The van der Waals surface area contributed by atoms with E-state index in [9.17, 15) is 0 Å². The van der Waals surface area contributed by atoms with Crippen LogP contribution in [0.15, 0.2) is 36.5 Å². The fourth-order valence-corrected chi connectivity index (χ4v) is 2.18. The molecule has 0 saturated carbocycles. The number of aryl methyl sites for hydroxylation is 2. The summed E-state index contributed by atoms with van der Waals surface area (Å²) in [5.41, 5.74) is 2.19. The van der Waals surface area contributed by atoms with Gasteiger partial charge in [-0.2, -0.15) is 5.10 Å². The van der Waals surface area contributed by atoms with Crippen molar-refractivity contribution in [2.24, 2.45) is 0 Å². The Hall–Kier alpha value is -1.59. The van der Waals surface area contributed by atoms with E-state index in [2.05, 4.69) is 15.7 Å². The fourth-order valence-electron chi connectivity index (χ4n) is 1.88. The van der Waals surface area contributed by atoms with Crippen LogP contribution in [0.1, 0.15) is 17.7 Å². The van der Waals surface area contributed by atoms with Crippen molar-refractivity contribution >= 4 is 28.9 Å². The lowest BCUT2D eigenvalue weighted by Crippen LogP contribution is -2.35. The molecule has 0 atom stereocenters. The zero-order valence-corrected chi connectivity index (χ0v) is 13.5. The Labute approximate surface area is 135 Å². The monoisotopic (exact) mass is 322 g/mol. The third kappa shape index (κ3) is 5.73. The highest BCUT2D eigenvalue weighted by Gasteiger charge is 1.98. The van der Waals surface area contributed by atoms with Gasteiger partial charge in [0.15, 0.2) is 5.11 Å². The largest absolute Gasteiger partial charge is 0.363 e. The second kappa shape index (κ2) is 8.00. The lowest BCUT2D eigenvalue weighted by Gasteiger charge is -2.10. The molecule has 2 aromatic rings. The molecular formula is C15H19ClN4S. The molecule has 0 aliphatic rings. The predicted octanol–water partition coefficient (Wildman–Crippen LogP) is 2.90. The Balaban J connectivity index is 1.60. The Morgan fingerprint density at radius 3 is 2.67 bits per heavy atom. The van der Waals surface area contributed by atoms with E-state index in [1.54, 1.807) is 0 Å². The van der Waals surface area contributed by atoms with Crippen LogP contribution in [0.4, 0.5) is 0 Å². The van der Waals surface area contributed by atoms with Gasteiger partial charge in [0.05, 0.1) is 5.69 Å². The zero-order chi connectivity index (χ0) is 15.1. The lowest BCUT2D eigenvalue weighted by atomic mass is 10.2. The number of nitrogens with zero attached hydrogens (tertiary/aromatic N) is 2. The van der Waals surface area contributed by atoms with Crippen molar-refractivity contribution in [2.45, 2.75) is 26.4 Å². The van der Waals surface area contributed by atoms with E-state index in [1.165, 1.54) is 0 Å². The van der Waals surface area contributed by atoms with Gasteiger partial charge in [-0.1, -0.05) is 23.7 Å². The number of rotatable bonds is 6. The molecule has 2 rings (SSSR count). The first-order valence-electron chi connectivity index (χ1n) is 6.90. The predicted molar refractivity (Wildman–Crippen MR) is 90.5 cm³/mol. The topological polar surface area (TPSA) is 41.9 Å². The molecular weight excluding hydrogens is 304 g/mol. The number of thiocarbonyl (C=S) groups is 1. The summed E-state index contributed by atoms with van der Waals surface area (Å²) in [6.07, 6.45) is 2.97. The number of aromatic nitrogens is 2. The number of nitrogens with one attached hydrogen (secondary N) is 2. The summed E-state index contributed by atoms with van der Waals surface area (Å²) < 4.78 is 1.95. The minimum absolute atomic E-state index is 0.668. The molecule has 0 saturated heterocycles. The smallest absolute Gasteiger partial charge is 0.166 e. The third-order valence-electron chi connectivity index (χ3n) is 2.99. The first-order chi connectivity index (χ1) is 10.1. The molecule has 1 aromatic carbocycles. The van der Waals surface area contributed by atoms with Crippen LogP contribution in [0, 0.1) is 6.92 Å². The van der Waals surface area contributed by atoms with Crippen LogP contribution in [0.25, 0.3) is 0 Å². The second-order valence-electron chi connectivity index (χ2n) is 4.81. The minimum atomic E-state index is 0.668. The molecule has 4 nitrogen and oxygen atoms in total. The second-order valence-corrected chi connectivity index (χ2v) is 5.65. The quantitative estimate of drug-likeness (QED) is 0.634. The summed E-state index contributed by atoms with van der Waals surface area (Å²) in [6.45, 7) is 4.40. The summed E-state index contributed by atoms with van der Waals surface area (Å²) >= 11 is 11.1. The van der Waals surface area contributed by atoms with E-state index in [4.69, 9.17) is 23.8 Å². The maximum Gasteiger partial charge on any atom is 0.166 e.